The summed E-state index contributed by atoms with van der Waals surface area (Å²) in [5, 5.41) is 0.634. The Morgan fingerprint density at radius 1 is 0.727 bits per heavy atom. The van der Waals surface area contributed by atoms with Gasteiger partial charge in [-0.05, 0) is 59.5 Å². The second-order valence-corrected chi connectivity index (χ2v) is 8.02. The summed E-state index contributed by atoms with van der Waals surface area (Å²) in [5.41, 5.74) is 7.07. The van der Waals surface area contributed by atoms with Crippen molar-refractivity contribution in [3.63, 3.8) is 0 Å². The van der Waals surface area contributed by atoms with Crippen molar-refractivity contribution in [1.82, 2.24) is 0 Å². The zero-order chi connectivity index (χ0) is 23.0. The van der Waals surface area contributed by atoms with Crippen LogP contribution in [0.1, 0.15) is 12.5 Å². The topological polar surface area (TPSA) is 3.24 Å². The van der Waals surface area contributed by atoms with Gasteiger partial charge in [-0.3, -0.25) is 0 Å². The molecule has 0 heterocycles. The molecular formula is C31H24ClN. The molecular weight excluding hydrogens is 422 g/mol. The first-order valence-electron chi connectivity index (χ1n) is 10.8. The van der Waals surface area contributed by atoms with Crippen molar-refractivity contribution in [3.05, 3.63) is 138 Å². The van der Waals surface area contributed by atoms with Gasteiger partial charge >= 0.3 is 0 Å². The average Bonchev–Trinajstić information content (AvgIpc) is 2.88. The standard InChI is InChI=1S/C31H24ClN/c1-3-28(21-18-24(2)25-12-6-4-7-13-25)33(31-17-11-10-16-30(31)32)29-22-19-27(20-23-29)26-14-8-5-9-15-26/h1,4-23H,2H3/b24-18+,28-21+. The zero-order valence-corrected chi connectivity index (χ0v) is 19.2. The SMILES string of the molecule is C#C/C(=C\C=C(/C)c1ccccc1)N(c1ccc(-c2ccccc2)cc1)c1ccccc1Cl. The fourth-order valence-corrected chi connectivity index (χ4v) is 3.88. The van der Waals surface area contributed by atoms with E-state index in [1.54, 1.807) is 0 Å². The van der Waals surface area contributed by atoms with E-state index in [-0.39, 0.29) is 0 Å². The average molecular weight is 446 g/mol. The minimum atomic E-state index is 0.634. The Morgan fingerprint density at radius 3 is 1.94 bits per heavy atom. The van der Waals surface area contributed by atoms with Crippen LogP contribution in [0.25, 0.3) is 16.7 Å². The molecule has 4 aromatic rings. The Kier molecular flexibility index (Phi) is 7.10. The van der Waals surface area contributed by atoms with Crippen molar-refractivity contribution in [2.45, 2.75) is 6.92 Å². The minimum Gasteiger partial charge on any atom is -0.302 e. The van der Waals surface area contributed by atoms with Gasteiger partial charge in [0.2, 0.25) is 0 Å². The summed E-state index contributed by atoms with van der Waals surface area (Å²) in [6.45, 7) is 2.08. The molecule has 0 amide bonds. The number of anilines is 2. The number of terminal acetylenes is 1. The van der Waals surface area contributed by atoms with Crippen molar-refractivity contribution in [3.8, 4) is 23.5 Å². The second kappa shape index (κ2) is 10.6. The molecule has 0 atom stereocenters. The van der Waals surface area contributed by atoms with Crippen LogP contribution >= 0.6 is 11.6 Å². The van der Waals surface area contributed by atoms with Gasteiger partial charge in [0.05, 0.1) is 16.4 Å². The number of benzene rings is 4. The second-order valence-electron chi connectivity index (χ2n) is 7.61. The Bertz CT molecular complexity index is 1310. The molecule has 0 spiro atoms. The highest BCUT2D eigenvalue weighted by molar-refractivity contribution is 6.33. The molecule has 0 aliphatic carbocycles. The van der Waals surface area contributed by atoms with Crippen LogP contribution in [0, 0.1) is 12.3 Å². The van der Waals surface area contributed by atoms with E-state index in [4.69, 9.17) is 18.0 Å². The van der Waals surface area contributed by atoms with Gasteiger partial charge in [0.15, 0.2) is 0 Å². The molecule has 0 N–H and O–H groups in total. The molecule has 0 radical (unpaired) electrons. The van der Waals surface area contributed by atoms with Gasteiger partial charge in [-0.2, -0.15) is 0 Å². The van der Waals surface area contributed by atoms with Crippen molar-refractivity contribution >= 4 is 28.5 Å². The van der Waals surface area contributed by atoms with Crippen LogP contribution in [0.15, 0.2) is 127 Å². The first-order valence-corrected chi connectivity index (χ1v) is 11.2. The van der Waals surface area contributed by atoms with Crippen molar-refractivity contribution in [1.29, 1.82) is 0 Å². The predicted molar refractivity (Wildman–Crippen MR) is 142 cm³/mol. The minimum absolute atomic E-state index is 0.634. The molecule has 2 heteroatoms. The fourth-order valence-electron chi connectivity index (χ4n) is 3.66. The summed E-state index contributed by atoms with van der Waals surface area (Å²) < 4.78 is 0. The molecule has 0 aliphatic heterocycles. The highest BCUT2D eigenvalue weighted by atomic mass is 35.5. The molecule has 0 saturated carbocycles. The van der Waals surface area contributed by atoms with Gasteiger partial charge in [-0.1, -0.05) is 109 Å². The van der Waals surface area contributed by atoms with Crippen LogP contribution in [0.2, 0.25) is 5.02 Å². The summed E-state index contributed by atoms with van der Waals surface area (Å²) in [7, 11) is 0. The van der Waals surface area contributed by atoms with Crippen LogP contribution in [-0.4, -0.2) is 0 Å². The van der Waals surface area contributed by atoms with E-state index in [0.29, 0.717) is 10.7 Å². The summed E-state index contributed by atoms with van der Waals surface area (Å²) >= 11 is 6.60. The fraction of sp³-hybridized carbons (Fsp3) is 0.0323. The molecule has 33 heavy (non-hydrogen) atoms. The number of halogens is 1. The maximum absolute atomic E-state index is 6.60. The lowest BCUT2D eigenvalue weighted by Gasteiger charge is -2.26. The number of hydrogen-bond donors (Lipinski definition) is 0. The molecule has 4 aromatic carbocycles. The first-order chi connectivity index (χ1) is 16.2. The Hall–Kier alpha value is -3.99. The van der Waals surface area contributed by atoms with Crippen LogP contribution < -0.4 is 4.90 Å². The number of rotatable bonds is 6. The van der Waals surface area contributed by atoms with Crippen LogP contribution in [0.4, 0.5) is 11.4 Å². The van der Waals surface area contributed by atoms with E-state index >= 15 is 0 Å². The van der Waals surface area contributed by atoms with Gasteiger partial charge in [-0.25, -0.2) is 0 Å². The molecule has 0 saturated heterocycles. The third kappa shape index (κ3) is 5.26. The highest BCUT2D eigenvalue weighted by Gasteiger charge is 2.16. The van der Waals surface area contributed by atoms with Crippen molar-refractivity contribution < 1.29 is 0 Å². The lowest BCUT2D eigenvalue weighted by atomic mass is 10.0. The lowest BCUT2D eigenvalue weighted by Crippen LogP contribution is -2.15. The van der Waals surface area contributed by atoms with Gasteiger partial charge in [0.1, 0.15) is 0 Å². The van der Waals surface area contributed by atoms with E-state index in [1.165, 1.54) is 5.56 Å². The summed E-state index contributed by atoms with van der Waals surface area (Å²) in [6.07, 6.45) is 10.0. The van der Waals surface area contributed by atoms with Crippen LogP contribution in [0.3, 0.4) is 0 Å². The largest absolute Gasteiger partial charge is 0.302 e. The maximum Gasteiger partial charge on any atom is 0.0967 e. The van der Waals surface area contributed by atoms with Crippen LogP contribution in [0.5, 0.6) is 0 Å². The molecule has 4 rings (SSSR count). The Morgan fingerprint density at radius 2 is 1.30 bits per heavy atom. The maximum atomic E-state index is 6.60. The number of para-hydroxylation sites is 1. The molecule has 0 unspecified atom stereocenters. The summed E-state index contributed by atoms with van der Waals surface area (Å²) in [5.74, 6) is 2.86. The third-order valence-corrected chi connectivity index (χ3v) is 5.75. The predicted octanol–water partition coefficient (Wildman–Crippen LogP) is 8.77. The van der Waals surface area contributed by atoms with Crippen molar-refractivity contribution in [2.24, 2.45) is 0 Å². The Balaban J connectivity index is 1.77. The van der Waals surface area contributed by atoms with E-state index in [9.17, 15) is 0 Å². The van der Waals surface area contributed by atoms with Gasteiger partial charge in [0.25, 0.3) is 0 Å². The van der Waals surface area contributed by atoms with E-state index in [1.807, 2.05) is 77.7 Å². The zero-order valence-electron chi connectivity index (χ0n) is 18.4. The third-order valence-electron chi connectivity index (χ3n) is 5.44. The monoisotopic (exact) mass is 445 g/mol. The Labute approximate surface area is 201 Å². The molecule has 0 bridgehead atoms. The lowest BCUT2D eigenvalue weighted by molar-refractivity contribution is 1.23. The number of nitrogens with zero attached hydrogens (tertiary/aromatic N) is 1. The highest BCUT2D eigenvalue weighted by Crippen LogP contribution is 2.36. The summed E-state index contributed by atoms with van der Waals surface area (Å²) in [6, 6.07) is 36.6. The first kappa shape index (κ1) is 22.2. The summed E-state index contributed by atoms with van der Waals surface area (Å²) in [4.78, 5) is 2.02. The van der Waals surface area contributed by atoms with Gasteiger partial charge < -0.3 is 4.90 Å². The van der Waals surface area contributed by atoms with Gasteiger partial charge in [0, 0.05) is 5.69 Å². The van der Waals surface area contributed by atoms with Crippen molar-refractivity contribution in [2.75, 3.05) is 4.90 Å². The molecule has 160 valence electrons. The molecule has 0 fully saturated rings. The van der Waals surface area contributed by atoms with E-state index in [0.717, 1.165) is 28.1 Å². The normalized spacial score (nSPS) is 11.7. The van der Waals surface area contributed by atoms with E-state index in [2.05, 4.69) is 61.4 Å². The smallest absolute Gasteiger partial charge is 0.0967 e. The molecule has 1 nitrogen and oxygen atoms in total. The molecule has 0 aliphatic rings. The molecule has 0 aromatic heterocycles. The number of hydrogen-bond acceptors (Lipinski definition) is 1. The van der Waals surface area contributed by atoms with Gasteiger partial charge in [-0.15, -0.1) is 6.42 Å². The van der Waals surface area contributed by atoms with Crippen LogP contribution in [-0.2, 0) is 0 Å². The van der Waals surface area contributed by atoms with E-state index < -0.39 is 0 Å². The quantitative estimate of drug-likeness (QED) is 0.212. The number of allylic oxidation sites excluding steroid dienone is 4.